The van der Waals surface area contributed by atoms with E-state index in [0.717, 1.165) is 5.56 Å². The number of nitrogens with one attached hydrogen (secondary N) is 2. The number of nitrogens with zero attached hydrogens (tertiary/aromatic N) is 1. The summed E-state index contributed by atoms with van der Waals surface area (Å²) in [6.45, 7) is 1.46. The van der Waals surface area contributed by atoms with Crippen LogP contribution in [0.4, 0.5) is 5.69 Å². The van der Waals surface area contributed by atoms with Gasteiger partial charge < -0.3 is 10.1 Å². The predicted molar refractivity (Wildman–Crippen MR) is 104 cm³/mol. The third kappa shape index (κ3) is 4.67. The molecule has 2 aromatic carbocycles. The van der Waals surface area contributed by atoms with Crippen LogP contribution in [0, 0.1) is 0 Å². The van der Waals surface area contributed by atoms with Gasteiger partial charge in [0, 0.05) is 10.6 Å². The lowest BCUT2D eigenvalue weighted by atomic mass is 10.1. The number of carbonyl (C=O) groups excluding carboxylic acids is 2. The smallest absolute Gasteiger partial charge is 0.357 e. The van der Waals surface area contributed by atoms with Crippen LogP contribution in [0.15, 0.2) is 54.6 Å². The van der Waals surface area contributed by atoms with Crippen molar-refractivity contribution in [1.82, 2.24) is 10.2 Å². The molecule has 0 bridgehead atoms. The molecule has 1 aromatic heterocycles. The van der Waals surface area contributed by atoms with E-state index in [-0.39, 0.29) is 10.7 Å². The molecule has 0 aliphatic carbocycles. The predicted octanol–water partition coefficient (Wildman–Crippen LogP) is 4.57. The standard InChI is InChI=1S/C19H15Cl2N3O3/c1-11(18(25)22-15-8-7-13(20)9-14(15)21)27-19(26)17-10-16(23-24-17)12-5-3-2-4-6-12/h2-11H,1H3,(H,22,25)(H,23,24)/t11-/m0/s1. The molecular weight excluding hydrogens is 389 g/mol. The van der Waals surface area contributed by atoms with Crippen molar-refractivity contribution in [2.45, 2.75) is 13.0 Å². The van der Waals surface area contributed by atoms with E-state index >= 15 is 0 Å². The van der Waals surface area contributed by atoms with Crippen molar-refractivity contribution >= 4 is 40.8 Å². The highest BCUT2D eigenvalue weighted by molar-refractivity contribution is 6.36. The molecule has 27 heavy (non-hydrogen) atoms. The Balaban J connectivity index is 1.63. The summed E-state index contributed by atoms with van der Waals surface area (Å²) in [7, 11) is 0. The Morgan fingerprint density at radius 3 is 2.56 bits per heavy atom. The Labute approximate surface area is 165 Å². The summed E-state index contributed by atoms with van der Waals surface area (Å²) >= 11 is 11.8. The van der Waals surface area contributed by atoms with Gasteiger partial charge in [-0.2, -0.15) is 5.10 Å². The first-order valence-electron chi connectivity index (χ1n) is 8.02. The molecule has 0 aliphatic heterocycles. The van der Waals surface area contributed by atoms with Crippen molar-refractivity contribution in [2.24, 2.45) is 0 Å². The summed E-state index contributed by atoms with van der Waals surface area (Å²) < 4.78 is 5.19. The fraction of sp³-hybridized carbons (Fsp3) is 0.105. The number of halogens is 2. The Morgan fingerprint density at radius 1 is 1.11 bits per heavy atom. The minimum atomic E-state index is -1.03. The zero-order chi connectivity index (χ0) is 19.4. The summed E-state index contributed by atoms with van der Waals surface area (Å²) in [4.78, 5) is 24.5. The van der Waals surface area contributed by atoms with Gasteiger partial charge in [-0.3, -0.25) is 9.89 Å². The van der Waals surface area contributed by atoms with Crippen molar-refractivity contribution in [2.75, 3.05) is 5.32 Å². The zero-order valence-electron chi connectivity index (χ0n) is 14.2. The average Bonchev–Trinajstić information content (AvgIpc) is 3.15. The molecule has 1 atom stereocenters. The summed E-state index contributed by atoms with van der Waals surface area (Å²) in [5.74, 6) is -1.20. The lowest BCUT2D eigenvalue weighted by Gasteiger charge is -2.13. The number of aromatic nitrogens is 2. The van der Waals surface area contributed by atoms with E-state index in [0.29, 0.717) is 16.4 Å². The summed E-state index contributed by atoms with van der Waals surface area (Å²) in [5, 5.41) is 10.0. The van der Waals surface area contributed by atoms with Gasteiger partial charge in [0.1, 0.15) is 5.69 Å². The van der Waals surface area contributed by atoms with E-state index in [2.05, 4.69) is 15.5 Å². The highest BCUT2D eigenvalue weighted by Gasteiger charge is 2.21. The van der Waals surface area contributed by atoms with Gasteiger partial charge in [0.05, 0.1) is 16.4 Å². The molecule has 0 saturated heterocycles. The molecule has 8 heteroatoms. The number of amides is 1. The topological polar surface area (TPSA) is 84.1 Å². The number of anilines is 1. The van der Waals surface area contributed by atoms with Crippen LogP contribution in [0.2, 0.25) is 10.0 Å². The maximum Gasteiger partial charge on any atom is 0.357 e. The van der Waals surface area contributed by atoms with Gasteiger partial charge in [-0.05, 0) is 31.2 Å². The van der Waals surface area contributed by atoms with E-state index < -0.39 is 18.0 Å². The Kier molecular flexibility index (Phi) is 5.78. The Morgan fingerprint density at radius 2 is 1.85 bits per heavy atom. The number of esters is 1. The van der Waals surface area contributed by atoms with Crippen LogP contribution in [-0.2, 0) is 9.53 Å². The van der Waals surface area contributed by atoms with Crippen molar-refractivity contribution in [3.8, 4) is 11.3 Å². The second-order valence-electron chi connectivity index (χ2n) is 5.69. The van der Waals surface area contributed by atoms with Crippen molar-refractivity contribution in [1.29, 1.82) is 0 Å². The normalized spacial score (nSPS) is 11.7. The molecule has 0 spiro atoms. The first kappa shape index (κ1) is 18.9. The number of aromatic amines is 1. The molecule has 0 radical (unpaired) electrons. The summed E-state index contributed by atoms with van der Waals surface area (Å²) in [5.41, 5.74) is 1.99. The summed E-state index contributed by atoms with van der Waals surface area (Å²) in [6.07, 6.45) is -1.03. The number of hydrogen-bond acceptors (Lipinski definition) is 4. The van der Waals surface area contributed by atoms with Gasteiger partial charge in [-0.25, -0.2) is 4.79 Å². The van der Waals surface area contributed by atoms with Crippen LogP contribution in [0.5, 0.6) is 0 Å². The summed E-state index contributed by atoms with van der Waals surface area (Å²) in [6, 6.07) is 15.6. The minimum absolute atomic E-state index is 0.151. The maximum absolute atomic E-state index is 12.3. The molecule has 3 aromatic rings. The second kappa shape index (κ2) is 8.24. The first-order chi connectivity index (χ1) is 12.9. The number of benzene rings is 2. The van der Waals surface area contributed by atoms with E-state index in [1.54, 1.807) is 18.2 Å². The molecular formula is C19H15Cl2N3O3. The van der Waals surface area contributed by atoms with E-state index in [4.69, 9.17) is 27.9 Å². The molecule has 0 unspecified atom stereocenters. The lowest BCUT2D eigenvalue weighted by molar-refractivity contribution is -0.123. The highest BCUT2D eigenvalue weighted by Crippen LogP contribution is 2.25. The third-order valence-electron chi connectivity index (χ3n) is 3.71. The first-order valence-corrected chi connectivity index (χ1v) is 8.77. The van der Waals surface area contributed by atoms with Crippen LogP contribution >= 0.6 is 23.2 Å². The van der Waals surface area contributed by atoms with E-state index in [1.807, 2.05) is 30.3 Å². The van der Waals surface area contributed by atoms with Gasteiger partial charge in [0.15, 0.2) is 6.10 Å². The van der Waals surface area contributed by atoms with Gasteiger partial charge in [0.25, 0.3) is 5.91 Å². The molecule has 2 N–H and O–H groups in total. The van der Waals surface area contributed by atoms with Crippen LogP contribution in [0.25, 0.3) is 11.3 Å². The van der Waals surface area contributed by atoms with Crippen LogP contribution in [-0.4, -0.2) is 28.2 Å². The number of ether oxygens (including phenoxy) is 1. The quantitative estimate of drug-likeness (QED) is 0.611. The molecule has 0 fully saturated rings. The Bertz CT molecular complexity index is 973. The SMILES string of the molecule is C[C@H](OC(=O)c1cc(-c2ccccc2)n[nH]1)C(=O)Nc1ccc(Cl)cc1Cl. The fourth-order valence-corrected chi connectivity index (χ4v) is 2.74. The van der Waals surface area contributed by atoms with Crippen LogP contribution < -0.4 is 5.32 Å². The van der Waals surface area contributed by atoms with Crippen LogP contribution in [0.3, 0.4) is 0 Å². The van der Waals surface area contributed by atoms with Gasteiger partial charge in [-0.15, -0.1) is 0 Å². The lowest BCUT2D eigenvalue weighted by Crippen LogP contribution is -2.30. The number of rotatable bonds is 5. The van der Waals surface area contributed by atoms with Gasteiger partial charge in [-0.1, -0.05) is 53.5 Å². The van der Waals surface area contributed by atoms with Crippen molar-refractivity contribution < 1.29 is 14.3 Å². The second-order valence-corrected chi connectivity index (χ2v) is 6.54. The molecule has 1 heterocycles. The van der Waals surface area contributed by atoms with E-state index in [9.17, 15) is 9.59 Å². The maximum atomic E-state index is 12.3. The number of hydrogen-bond donors (Lipinski definition) is 2. The average molecular weight is 404 g/mol. The zero-order valence-corrected chi connectivity index (χ0v) is 15.7. The Hall–Kier alpha value is -2.83. The largest absolute Gasteiger partial charge is 0.448 e. The van der Waals surface area contributed by atoms with Crippen molar-refractivity contribution in [3.05, 3.63) is 70.3 Å². The minimum Gasteiger partial charge on any atom is -0.448 e. The molecule has 0 aliphatic rings. The van der Waals surface area contributed by atoms with E-state index in [1.165, 1.54) is 13.0 Å². The fourth-order valence-electron chi connectivity index (χ4n) is 2.29. The molecule has 6 nitrogen and oxygen atoms in total. The number of carbonyl (C=O) groups is 2. The van der Waals surface area contributed by atoms with Crippen molar-refractivity contribution in [3.63, 3.8) is 0 Å². The molecule has 0 saturated carbocycles. The highest BCUT2D eigenvalue weighted by atomic mass is 35.5. The number of H-pyrrole nitrogens is 1. The van der Waals surface area contributed by atoms with Crippen LogP contribution in [0.1, 0.15) is 17.4 Å². The van der Waals surface area contributed by atoms with Gasteiger partial charge >= 0.3 is 5.97 Å². The monoisotopic (exact) mass is 403 g/mol. The third-order valence-corrected chi connectivity index (χ3v) is 4.26. The van der Waals surface area contributed by atoms with Gasteiger partial charge in [0.2, 0.25) is 0 Å². The molecule has 138 valence electrons. The molecule has 3 rings (SSSR count). The molecule has 1 amide bonds.